The third kappa shape index (κ3) is 4.33. The summed E-state index contributed by atoms with van der Waals surface area (Å²) in [6, 6.07) is 6.81. The van der Waals surface area contributed by atoms with E-state index < -0.39 is 11.9 Å². The maximum atomic E-state index is 14.9. The second kappa shape index (κ2) is 9.18. The molecule has 0 radical (unpaired) electrons. The lowest BCUT2D eigenvalue weighted by molar-refractivity contribution is 0.0958. The van der Waals surface area contributed by atoms with Crippen LogP contribution in [0.25, 0.3) is 11.4 Å². The minimum absolute atomic E-state index is 0.0506. The van der Waals surface area contributed by atoms with Crippen LogP contribution in [0.5, 0.6) is 11.6 Å². The Labute approximate surface area is 183 Å². The van der Waals surface area contributed by atoms with Crippen molar-refractivity contribution in [3.8, 4) is 23.0 Å². The number of nitrogens with zero attached hydrogens (tertiary/aromatic N) is 4. The molecule has 0 aliphatic carbocycles. The van der Waals surface area contributed by atoms with Crippen molar-refractivity contribution in [2.24, 2.45) is 7.05 Å². The molecule has 3 aromatic rings. The number of rotatable bonds is 7. The lowest BCUT2D eigenvalue weighted by atomic mass is 10.1. The average Bonchev–Trinajstić information content (AvgIpc) is 3.44. The zero-order chi connectivity index (χ0) is 22.7. The molecule has 1 unspecified atom stereocenters. The van der Waals surface area contributed by atoms with Gasteiger partial charge in [-0.25, -0.2) is 4.98 Å². The fourth-order valence-electron chi connectivity index (χ4n) is 3.41. The number of pyridine rings is 1. The highest BCUT2D eigenvalue weighted by Gasteiger charge is 2.24. The number of hydrogen-bond acceptors (Lipinski definition) is 8. The van der Waals surface area contributed by atoms with Crippen LogP contribution in [0.1, 0.15) is 16.8 Å². The van der Waals surface area contributed by atoms with E-state index in [0.29, 0.717) is 42.5 Å². The van der Waals surface area contributed by atoms with Crippen LogP contribution in [-0.4, -0.2) is 59.1 Å². The number of anilines is 2. The summed E-state index contributed by atoms with van der Waals surface area (Å²) in [7, 11) is 4.69. The van der Waals surface area contributed by atoms with Crippen molar-refractivity contribution in [1.29, 1.82) is 0 Å². The highest BCUT2D eigenvalue weighted by Crippen LogP contribution is 2.38. The molecular formula is C21H23FN6O4. The number of aromatic nitrogens is 4. The van der Waals surface area contributed by atoms with Gasteiger partial charge in [0.25, 0.3) is 5.91 Å². The highest BCUT2D eigenvalue weighted by atomic mass is 19.1. The second-order valence-electron chi connectivity index (χ2n) is 7.11. The summed E-state index contributed by atoms with van der Waals surface area (Å²) in [6.45, 7) is 0.969. The molecule has 0 saturated carbocycles. The molecule has 2 aromatic heterocycles. The van der Waals surface area contributed by atoms with E-state index in [1.165, 1.54) is 20.2 Å². The molecular weight excluding hydrogens is 419 g/mol. The van der Waals surface area contributed by atoms with E-state index in [-0.39, 0.29) is 23.2 Å². The normalized spacial score (nSPS) is 15.4. The fraction of sp³-hybridized carbons (Fsp3) is 0.333. The van der Waals surface area contributed by atoms with E-state index in [1.807, 2.05) is 0 Å². The molecule has 10 nitrogen and oxygen atoms in total. The maximum absolute atomic E-state index is 14.9. The number of ether oxygens (including phenoxy) is 3. The maximum Gasteiger partial charge on any atom is 0.257 e. The lowest BCUT2D eigenvalue weighted by Crippen LogP contribution is -2.23. The fourth-order valence-corrected chi connectivity index (χ4v) is 3.41. The molecule has 1 aromatic carbocycles. The van der Waals surface area contributed by atoms with Crippen LogP contribution in [0, 0.1) is 5.95 Å². The number of amides is 1. The topological polar surface area (TPSA) is 112 Å². The monoisotopic (exact) mass is 442 g/mol. The molecule has 168 valence electrons. The molecule has 1 saturated heterocycles. The van der Waals surface area contributed by atoms with Gasteiger partial charge in [-0.3, -0.25) is 9.48 Å². The van der Waals surface area contributed by atoms with Gasteiger partial charge in [0.1, 0.15) is 18.0 Å². The molecule has 32 heavy (non-hydrogen) atoms. The summed E-state index contributed by atoms with van der Waals surface area (Å²) in [5, 5.41) is 9.84. The van der Waals surface area contributed by atoms with E-state index >= 15 is 0 Å². The Morgan fingerprint density at radius 1 is 1.34 bits per heavy atom. The van der Waals surface area contributed by atoms with Crippen molar-refractivity contribution in [2.45, 2.75) is 12.5 Å². The third-order valence-corrected chi connectivity index (χ3v) is 4.91. The van der Waals surface area contributed by atoms with E-state index in [4.69, 9.17) is 14.2 Å². The molecule has 3 heterocycles. The molecule has 1 aliphatic heterocycles. The second-order valence-corrected chi connectivity index (χ2v) is 7.11. The number of nitrogens with one attached hydrogen (secondary N) is 2. The first-order valence-electron chi connectivity index (χ1n) is 9.97. The predicted octanol–water partition coefficient (Wildman–Crippen LogP) is 2.30. The van der Waals surface area contributed by atoms with Crippen molar-refractivity contribution in [3.63, 3.8) is 0 Å². The Kier molecular flexibility index (Phi) is 6.17. The molecule has 1 fully saturated rings. The Balaban J connectivity index is 1.75. The van der Waals surface area contributed by atoms with E-state index in [9.17, 15) is 9.18 Å². The molecule has 2 N–H and O–H groups in total. The number of carbonyl (C=O) groups excluding carboxylic acids is 1. The first-order valence-corrected chi connectivity index (χ1v) is 9.97. The summed E-state index contributed by atoms with van der Waals surface area (Å²) >= 11 is 0. The van der Waals surface area contributed by atoms with Gasteiger partial charge in [-0.1, -0.05) is 6.07 Å². The van der Waals surface area contributed by atoms with Gasteiger partial charge in [0.2, 0.25) is 11.8 Å². The zero-order valence-corrected chi connectivity index (χ0v) is 17.9. The van der Waals surface area contributed by atoms with Crippen LogP contribution in [0.2, 0.25) is 0 Å². The predicted molar refractivity (Wildman–Crippen MR) is 114 cm³/mol. The van der Waals surface area contributed by atoms with Crippen LogP contribution >= 0.6 is 0 Å². The smallest absolute Gasteiger partial charge is 0.257 e. The van der Waals surface area contributed by atoms with Crippen LogP contribution in [-0.2, 0) is 11.8 Å². The van der Waals surface area contributed by atoms with Gasteiger partial charge in [0.15, 0.2) is 11.6 Å². The van der Waals surface area contributed by atoms with Crippen molar-refractivity contribution < 1.29 is 23.4 Å². The molecule has 1 atom stereocenters. The van der Waals surface area contributed by atoms with Crippen molar-refractivity contribution in [3.05, 3.63) is 42.1 Å². The van der Waals surface area contributed by atoms with Gasteiger partial charge in [0.05, 0.1) is 37.3 Å². The van der Waals surface area contributed by atoms with E-state index in [0.717, 1.165) is 0 Å². The molecule has 11 heteroatoms. The summed E-state index contributed by atoms with van der Waals surface area (Å²) in [6.07, 6.45) is 2.03. The molecule has 1 amide bonds. The number of aryl methyl sites for hydroxylation is 1. The number of halogens is 1. The Morgan fingerprint density at radius 2 is 2.19 bits per heavy atom. The Bertz CT molecular complexity index is 1130. The van der Waals surface area contributed by atoms with Crippen LogP contribution < -0.4 is 20.1 Å². The van der Waals surface area contributed by atoms with Crippen molar-refractivity contribution in [2.75, 3.05) is 32.7 Å². The highest BCUT2D eigenvalue weighted by molar-refractivity contribution is 6.00. The molecule has 1 aliphatic rings. The van der Waals surface area contributed by atoms with Gasteiger partial charge < -0.3 is 24.8 Å². The zero-order valence-electron chi connectivity index (χ0n) is 17.9. The summed E-state index contributed by atoms with van der Waals surface area (Å²) in [5.74, 6) is -0.634. The number of methoxy groups -OCH3 is 1. The minimum atomic E-state index is -0.954. The van der Waals surface area contributed by atoms with Crippen LogP contribution in [0.4, 0.5) is 15.8 Å². The van der Waals surface area contributed by atoms with Gasteiger partial charge in [-0.2, -0.15) is 14.5 Å². The van der Waals surface area contributed by atoms with Gasteiger partial charge in [0, 0.05) is 26.6 Å². The quantitative estimate of drug-likeness (QED) is 0.536. The van der Waals surface area contributed by atoms with E-state index in [2.05, 4.69) is 25.7 Å². The van der Waals surface area contributed by atoms with Gasteiger partial charge in [-0.05, 0) is 12.1 Å². The third-order valence-electron chi connectivity index (χ3n) is 4.91. The number of hydrogen-bond donors (Lipinski definition) is 2. The number of carbonyl (C=O) groups is 1. The van der Waals surface area contributed by atoms with Gasteiger partial charge in [-0.15, -0.1) is 0 Å². The summed E-state index contributed by atoms with van der Waals surface area (Å²) < 4.78 is 33.1. The van der Waals surface area contributed by atoms with Crippen LogP contribution in [0.3, 0.4) is 0 Å². The van der Waals surface area contributed by atoms with Gasteiger partial charge >= 0.3 is 0 Å². The average molecular weight is 442 g/mol. The number of benzene rings is 1. The standard InChI is InChI=1S/C21H23FN6O4/c1-23-21(29)17-15(9-16(26-19(17)22)32-12-7-8-31-10-12)25-14-6-4-5-13(18(14)30-3)20-24-11-28(2)27-20/h4-6,9,11-12H,7-8,10H2,1-3H3,(H,23,29)(H,25,26). The Morgan fingerprint density at radius 3 is 2.84 bits per heavy atom. The van der Waals surface area contributed by atoms with E-state index in [1.54, 1.807) is 36.3 Å². The van der Waals surface area contributed by atoms with Crippen molar-refractivity contribution in [1.82, 2.24) is 25.1 Å². The van der Waals surface area contributed by atoms with Crippen LogP contribution in [0.15, 0.2) is 30.6 Å². The molecule has 4 rings (SSSR count). The first-order chi connectivity index (χ1) is 15.5. The molecule has 0 spiro atoms. The Hall–Kier alpha value is -3.73. The lowest BCUT2D eigenvalue weighted by Gasteiger charge is -2.18. The van der Waals surface area contributed by atoms with Crippen molar-refractivity contribution >= 4 is 17.3 Å². The molecule has 0 bridgehead atoms. The summed E-state index contributed by atoms with van der Waals surface area (Å²) in [4.78, 5) is 20.5. The minimum Gasteiger partial charge on any atom is -0.494 e. The SMILES string of the molecule is CNC(=O)c1c(Nc2cccc(-c3ncn(C)n3)c2OC)cc(OC2CCOC2)nc1F. The summed E-state index contributed by atoms with van der Waals surface area (Å²) in [5.41, 5.74) is 1.05. The largest absolute Gasteiger partial charge is 0.494 e. The first kappa shape index (κ1) is 21.5. The number of para-hydroxylation sites is 1.